The van der Waals surface area contributed by atoms with Gasteiger partial charge in [-0.3, -0.25) is 4.79 Å². The molecule has 1 aliphatic rings. The van der Waals surface area contributed by atoms with Crippen molar-refractivity contribution >= 4 is 16.8 Å². The largest absolute Gasteiger partial charge is 0.376 e. The van der Waals surface area contributed by atoms with Crippen LogP contribution in [0, 0.1) is 11.7 Å². The van der Waals surface area contributed by atoms with E-state index in [-0.39, 0.29) is 17.8 Å². The highest BCUT2D eigenvalue weighted by Gasteiger charge is 2.27. The van der Waals surface area contributed by atoms with Crippen LogP contribution in [0.5, 0.6) is 0 Å². The number of halogens is 1. The Morgan fingerprint density at radius 1 is 1.45 bits per heavy atom. The zero-order valence-electron chi connectivity index (χ0n) is 12.9. The van der Waals surface area contributed by atoms with Gasteiger partial charge >= 0.3 is 0 Å². The fourth-order valence-electron chi connectivity index (χ4n) is 2.92. The van der Waals surface area contributed by atoms with Crippen LogP contribution >= 0.6 is 0 Å². The van der Waals surface area contributed by atoms with Gasteiger partial charge in [0, 0.05) is 36.8 Å². The minimum absolute atomic E-state index is 0.0292. The maximum Gasteiger partial charge on any atom is 0.256 e. The Hall–Kier alpha value is -1.88. The highest BCUT2D eigenvalue weighted by atomic mass is 19.1. The quantitative estimate of drug-likeness (QED) is 0.926. The zero-order chi connectivity index (χ0) is 15.7. The number of carbonyl (C=O) groups excluding carboxylic acids is 1. The number of hydrogen-bond donors (Lipinski definition) is 1. The van der Waals surface area contributed by atoms with Crippen LogP contribution in [0.25, 0.3) is 10.9 Å². The van der Waals surface area contributed by atoms with E-state index in [0.717, 1.165) is 6.42 Å². The fraction of sp³-hybridized carbons (Fsp3) is 0.471. The molecule has 1 saturated heterocycles. The Morgan fingerprint density at radius 2 is 2.27 bits per heavy atom. The lowest BCUT2D eigenvalue weighted by molar-refractivity contribution is 0.0222. The number of fused-ring (bicyclic) bond motifs is 1. The van der Waals surface area contributed by atoms with Crippen LogP contribution in [-0.2, 0) is 4.74 Å². The first-order chi connectivity index (χ1) is 10.6. The molecule has 5 heteroatoms. The Bertz CT molecular complexity index is 680. The highest BCUT2D eigenvalue weighted by molar-refractivity contribution is 6.06. The van der Waals surface area contributed by atoms with E-state index >= 15 is 0 Å². The molecule has 3 rings (SSSR count). The number of carbonyl (C=O) groups is 1. The van der Waals surface area contributed by atoms with Gasteiger partial charge in [0.15, 0.2) is 0 Å². The van der Waals surface area contributed by atoms with E-state index in [1.54, 1.807) is 23.2 Å². The third-order valence-electron chi connectivity index (χ3n) is 4.22. The first kappa shape index (κ1) is 15.0. The van der Waals surface area contributed by atoms with Crippen molar-refractivity contribution in [3.8, 4) is 0 Å². The van der Waals surface area contributed by atoms with Crippen LogP contribution in [0.15, 0.2) is 24.4 Å². The van der Waals surface area contributed by atoms with E-state index in [2.05, 4.69) is 18.8 Å². The van der Waals surface area contributed by atoms with Gasteiger partial charge in [-0.05, 0) is 24.5 Å². The number of amides is 1. The van der Waals surface area contributed by atoms with Crippen LogP contribution in [-0.4, -0.2) is 41.6 Å². The van der Waals surface area contributed by atoms with E-state index in [4.69, 9.17) is 4.74 Å². The summed E-state index contributed by atoms with van der Waals surface area (Å²) >= 11 is 0. The third-order valence-corrected chi connectivity index (χ3v) is 4.22. The zero-order valence-corrected chi connectivity index (χ0v) is 12.9. The summed E-state index contributed by atoms with van der Waals surface area (Å²) in [6, 6.07) is 4.80. The summed E-state index contributed by atoms with van der Waals surface area (Å²) in [7, 11) is 0. The Labute approximate surface area is 129 Å². The van der Waals surface area contributed by atoms with E-state index in [1.807, 2.05) is 0 Å². The topological polar surface area (TPSA) is 45.3 Å². The summed E-state index contributed by atoms with van der Waals surface area (Å²) < 4.78 is 19.9. The fourth-order valence-corrected chi connectivity index (χ4v) is 2.92. The SMILES string of the molecule is CC(C)C1CN(C(=O)c2c[nH]c3cccc(F)c23)CCCO1. The molecule has 0 bridgehead atoms. The summed E-state index contributed by atoms with van der Waals surface area (Å²) in [5, 5.41) is 0.374. The third kappa shape index (κ3) is 2.73. The molecule has 2 aromatic rings. The number of nitrogens with zero attached hydrogens (tertiary/aromatic N) is 1. The summed E-state index contributed by atoms with van der Waals surface area (Å²) in [4.78, 5) is 17.6. The van der Waals surface area contributed by atoms with Crippen molar-refractivity contribution in [1.82, 2.24) is 9.88 Å². The normalized spacial score (nSPS) is 19.6. The molecule has 1 aromatic heterocycles. The Balaban J connectivity index is 1.91. The second kappa shape index (κ2) is 6.08. The van der Waals surface area contributed by atoms with E-state index in [9.17, 15) is 9.18 Å². The molecular weight excluding hydrogens is 283 g/mol. The smallest absolute Gasteiger partial charge is 0.256 e. The summed E-state index contributed by atoms with van der Waals surface area (Å²) in [6.45, 7) is 6.03. The molecule has 22 heavy (non-hydrogen) atoms. The Kier molecular flexibility index (Phi) is 4.16. The van der Waals surface area contributed by atoms with Gasteiger partial charge in [-0.2, -0.15) is 0 Å². The predicted molar refractivity (Wildman–Crippen MR) is 83.4 cm³/mol. The maximum atomic E-state index is 14.1. The maximum absolute atomic E-state index is 14.1. The second-order valence-corrected chi connectivity index (χ2v) is 6.12. The molecule has 1 aromatic carbocycles. The van der Waals surface area contributed by atoms with Crippen LogP contribution in [0.1, 0.15) is 30.6 Å². The van der Waals surface area contributed by atoms with Crippen molar-refractivity contribution in [2.45, 2.75) is 26.4 Å². The summed E-state index contributed by atoms with van der Waals surface area (Å²) in [5.74, 6) is -0.158. The van der Waals surface area contributed by atoms with Gasteiger partial charge < -0.3 is 14.6 Å². The molecule has 0 spiro atoms. The van der Waals surface area contributed by atoms with Crippen LogP contribution < -0.4 is 0 Å². The number of rotatable bonds is 2. The number of ether oxygens (including phenoxy) is 1. The minimum Gasteiger partial charge on any atom is -0.376 e. The van der Waals surface area contributed by atoms with Crippen LogP contribution in [0.2, 0.25) is 0 Å². The van der Waals surface area contributed by atoms with Gasteiger partial charge in [0.05, 0.1) is 11.7 Å². The number of H-pyrrole nitrogens is 1. The molecule has 1 aliphatic heterocycles. The number of benzene rings is 1. The molecule has 118 valence electrons. The molecule has 1 fully saturated rings. The number of aromatic amines is 1. The van der Waals surface area contributed by atoms with Crippen molar-refractivity contribution in [2.75, 3.05) is 19.7 Å². The van der Waals surface area contributed by atoms with Gasteiger partial charge in [0.1, 0.15) is 5.82 Å². The average Bonchev–Trinajstić information content (AvgIpc) is 2.77. The summed E-state index contributed by atoms with van der Waals surface area (Å²) in [5.41, 5.74) is 1.05. The molecule has 1 atom stereocenters. The van der Waals surface area contributed by atoms with Gasteiger partial charge in [0.2, 0.25) is 0 Å². The monoisotopic (exact) mass is 304 g/mol. The second-order valence-electron chi connectivity index (χ2n) is 6.12. The van der Waals surface area contributed by atoms with Crippen molar-refractivity contribution in [1.29, 1.82) is 0 Å². The Morgan fingerprint density at radius 3 is 3.05 bits per heavy atom. The molecule has 1 N–H and O–H groups in total. The molecule has 1 unspecified atom stereocenters. The molecule has 2 heterocycles. The highest BCUT2D eigenvalue weighted by Crippen LogP contribution is 2.24. The standard InChI is InChI=1S/C17H21FN2O2/c1-11(2)15-10-20(7-4-8-22-15)17(21)12-9-19-14-6-3-5-13(18)16(12)14/h3,5-6,9,11,15,19H,4,7-8,10H2,1-2H3. The van der Waals surface area contributed by atoms with Crippen LogP contribution in [0.3, 0.4) is 0 Å². The van der Waals surface area contributed by atoms with Gasteiger partial charge in [-0.15, -0.1) is 0 Å². The number of aromatic nitrogens is 1. The molecule has 1 amide bonds. The predicted octanol–water partition coefficient (Wildman–Crippen LogP) is 3.19. The van der Waals surface area contributed by atoms with E-state index in [1.165, 1.54) is 6.07 Å². The number of nitrogens with one attached hydrogen (secondary N) is 1. The van der Waals surface area contributed by atoms with Crippen molar-refractivity contribution < 1.29 is 13.9 Å². The molecular formula is C17H21FN2O2. The molecule has 0 saturated carbocycles. The number of hydrogen-bond acceptors (Lipinski definition) is 2. The van der Waals surface area contributed by atoms with Crippen molar-refractivity contribution in [3.63, 3.8) is 0 Å². The first-order valence-corrected chi connectivity index (χ1v) is 7.74. The lowest BCUT2D eigenvalue weighted by Crippen LogP contribution is -2.38. The lowest BCUT2D eigenvalue weighted by atomic mass is 10.1. The lowest BCUT2D eigenvalue weighted by Gasteiger charge is -2.26. The van der Waals surface area contributed by atoms with Crippen molar-refractivity contribution in [2.24, 2.45) is 5.92 Å². The van der Waals surface area contributed by atoms with Crippen LogP contribution in [0.4, 0.5) is 4.39 Å². The van der Waals surface area contributed by atoms with Crippen molar-refractivity contribution in [3.05, 3.63) is 35.8 Å². The average molecular weight is 304 g/mol. The molecule has 4 nitrogen and oxygen atoms in total. The molecule has 0 aliphatic carbocycles. The van der Waals surface area contributed by atoms with Gasteiger partial charge in [-0.25, -0.2) is 4.39 Å². The van der Waals surface area contributed by atoms with E-state index in [0.29, 0.717) is 42.1 Å². The van der Waals surface area contributed by atoms with E-state index < -0.39 is 0 Å². The van der Waals surface area contributed by atoms with Gasteiger partial charge in [-0.1, -0.05) is 19.9 Å². The first-order valence-electron chi connectivity index (χ1n) is 7.74. The minimum atomic E-state index is -0.367. The van der Waals surface area contributed by atoms with Gasteiger partial charge in [0.25, 0.3) is 5.91 Å². The molecule has 0 radical (unpaired) electrons. The summed E-state index contributed by atoms with van der Waals surface area (Å²) in [6.07, 6.45) is 2.44.